The molecule has 0 unspecified atom stereocenters. The molecular weight excluding hydrogens is 332 g/mol. The van der Waals surface area contributed by atoms with Crippen LogP contribution in [-0.4, -0.2) is 31.1 Å². The summed E-state index contributed by atoms with van der Waals surface area (Å²) >= 11 is 0. The third-order valence-corrected chi connectivity index (χ3v) is 4.05. The molecule has 0 spiro atoms. The Hall–Kier alpha value is -2.86. The molecule has 0 bridgehead atoms. The van der Waals surface area contributed by atoms with Gasteiger partial charge in [0.05, 0.1) is 0 Å². The lowest BCUT2D eigenvalue weighted by atomic mass is 10.2. The third kappa shape index (κ3) is 5.07. The van der Waals surface area contributed by atoms with E-state index in [-0.39, 0.29) is 24.5 Å². The van der Waals surface area contributed by atoms with Gasteiger partial charge in [-0.15, -0.1) is 0 Å². The van der Waals surface area contributed by atoms with Crippen molar-refractivity contribution in [2.75, 3.05) is 23.8 Å². The molecule has 1 aliphatic heterocycles. The molecule has 1 heterocycles. The van der Waals surface area contributed by atoms with Crippen LogP contribution in [-0.2, 0) is 14.3 Å². The number of anilines is 2. The summed E-state index contributed by atoms with van der Waals surface area (Å²) < 4.78 is 10.8. The second-order valence-electron chi connectivity index (χ2n) is 6.22. The van der Waals surface area contributed by atoms with Crippen molar-refractivity contribution in [3.63, 3.8) is 0 Å². The molecule has 2 amide bonds. The number of amides is 2. The zero-order valence-electron chi connectivity index (χ0n) is 14.7. The van der Waals surface area contributed by atoms with Crippen LogP contribution in [0.25, 0.3) is 0 Å². The van der Waals surface area contributed by atoms with Crippen molar-refractivity contribution >= 4 is 23.2 Å². The maximum absolute atomic E-state index is 12.0. The molecule has 6 heteroatoms. The lowest BCUT2D eigenvalue weighted by Gasteiger charge is -2.11. The zero-order chi connectivity index (χ0) is 18.4. The average molecular weight is 354 g/mol. The van der Waals surface area contributed by atoms with Gasteiger partial charge in [-0.3, -0.25) is 9.59 Å². The molecule has 2 N–H and O–H groups in total. The SMILES string of the molecule is Cc1ccc(OCC(=O)Nc2ccc(NC(=O)[C@@H]3CCCO3)cc2)cc1. The number of aryl methyl sites for hydroxylation is 1. The predicted octanol–water partition coefficient (Wildman–Crippen LogP) is 3.13. The van der Waals surface area contributed by atoms with Crippen LogP contribution >= 0.6 is 0 Å². The lowest BCUT2D eigenvalue weighted by Crippen LogP contribution is -2.26. The van der Waals surface area contributed by atoms with Crippen molar-refractivity contribution in [2.24, 2.45) is 0 Å². The molecule has 1 atom stereocenters. The van der Waals surface area contributed by atoms with E-state index in [0.29, 0.717) is 23.7 Å². The molecule has 26 heavy (non-hydrogen) atoms. The van der Waals surface area contributed by atoms with E-state index in [1.807, 2.05) is 31.2 Å². The molecule has 2 aromatic rings. The van der Waals surface area contributed by atoms with E-state index in [1.54, 1.807) is 24.3 Å². The monoisotopic (exact) mass is 354 g/mol. The van der Waals surface area contributed by atoms with Crippen LogP contribution in [0.1, 0.15) is 18.4 Å². The second kappa shape index (κ2) is 8.49. The molecule has 1 saturated heterocycles. The van der Waals surface area contributed by atoms with Crippen molar-refractivity contribution in [1.29, 1.82) is 0 Å². The maximum Gasteiger partial charge on any atom is 0.262 e. The van der Waals surface area contributed by atoms with Crippen molar-refractivity contribution in [1.82, 2.24) is 0 Å². The highest BCUT2D eigenvalue weighted by molar-refractivity contribution is 5.95. The minimum absolute atomic E-state index is 0.0689. The van der Waals surface area contributed by atoms with Crippen molar-refractivity contribution in [2.45, 2.75) is 25.9 Å². The first kappa shape index (κ1) is 17.9. The molecule has 0 radical (unpaired) electrons. The van der Waals surface area contributed by atoms with Crippen molar-refractivity contribution in [3.05, 3.63) is 54.1 Å². The highest BCUT2D eigenvalue weighted by Crippen LogP contribution is 2.17. The van der Waals surface area contributed by atoms with E-state index in [4.69, 9.17) is 9.47 Å². The van der Waals surface area contributed by atoms with Crippen LogP contribution in [0.15, 0.2) is 48.5 Å². The van der Waals surface area contributed by atoms with Gasteiger partial charge in [0.25, 0.3) is 11.8 Å². The molecule has 6 nitrogen and oxygen atoms in total. The fraction of sp³-hybridized carbons (Fsp3) is 0.300. The Labute approximate surface area is 152 Å². The number of hydrogen-bond donors (Lipinski definition) is 2. The minimum Gasteiger partial charge on any atom is -0.484 e. The van der Waals surface area contributed by atoms with E-state index in [9.17, 15) is 9.59 Å². The Kier molecular flexibility index (Phi) is 5.86. The first-order valence-corrected chi connectivity index (χ1v) is 8.62. The van der Waals surface area contributed by atoms with E-state index in [1.165, 1.54) is 0 Å². The van der Waals surface area contributed by atoms with Crippen LogP contribution in [0.4, 0.5) is 11.4 Å². The molecule has 3 rings (SSSR count). The van der Waals surface area contributed by atoms with Gasteiger partial charge in [-0.2, -0.15) is 0 Å². The largest absolute Gasteiger partial charge is 0.484 e. The summed E-state index contributed by atoms with van der Waals surface area (Å²) in [6.45, 7) is 2.55. The molecule has 136 valence electrons. The van der Waals surface area contributed by atoms with Crippen molar-refractivity contribution in [3.8, 4) is 5.75 Å². The number of rotatable bonds is 6. The maximum atomic E-state index is 12.0. The molecule has 2 aromatic carbocycles. The topological polar surface area (TPSA) is 76.7 Å². The van der Waals surface area contributed by atoms with E-state index in [0.717, 1.165) is 18.4 Å². The summed E-state index contributed by atoms with van der Waals surface area (Å²) in [4.78, 5) is 24.0. The smallest absolute Gasteiger partial charge is 0.262 e. The third-order valence-electron chi connectivity index (χ3n) is 4.05. The Morgan fingerprint density at radius 1 is 1.04 bits per heavy atom. The first-order valence-electron chi connectivity index (χ1n) is 8.62. The standard InChI is InChI=1S/C20H22N2O4/c1-14-4-10-17(11-5-14)26-13-19(23)21-15-6-8-16(9-7-15)22-20(24)18-3-2-12-25-18/h4-11,18H,2-3,12-13H2,1H3,(H,21,23)(H,22,24)/t18-/m0/s1. The average Bonchev–Trinajstić information content (AvgIpc) is 3.18. The van der Waals surface area contributed by atoms with Crippen molar-refractivity contribution < 1.29 is 19.1 Å². The van der Waals surface area contributed by atoms with Gasteiger partial charge in [0.1, 0.15) is 11.9 Å². The summed E-state index contributed by atoms with van der Waals surface area (Å²) in [5, 5.41) is 5.57. The summed E-state index contributed by atoms with van der Waals surface area (Å²) in [6, 6.07) is 14.5. The summed E-state index contributed by atoms with van der Waals surface area (Å²) in [5.74, 6) is 0.269. The molecule has 0 saturated carbocycles. The van der Waals surface area contributed by atoms with E-state index < -0.39 is 0 Å². The molecular formula is C20H22N2O4. The Morgan fingerprint density at radius 2 is 1.69 bits per heavy atom. The molecule has 1 fully saturated rings. The van der Waals surface area contributed by atoms with Crippen LogP contribution in [0.5, 0.6) is 5.75 Å². The Bertz CT molecular complexity index is 750. The van der Waals surface area contributed by atoms with E-state index >= 15 is 0 Å². The number of carbonyl (C=O) groups excluding carboxylic acids is 2. The van der Waals surface area contributed by atoms with Crippen LogP contribution in [0.3, 0.4) is 0 Å². The number of hydrogen-bond acceptors (Lipinski definition) is 4. The zero-order valence-corrected chi connectivity index (χ0v) is 14.7. The highest BCUT2D eigenvalue weighted by atomic mass is 16.5. The summed E-state index contributed by atoms with van der Waals surface area (Å²) in [6.07, 6.45) is 1.29. The molecule has 1 aliphatic rings. The normalized spacial score (nSPS) is 16.1. The predicted molar refractivity (Wildman–Crippen MR) is 99.3 cm³/mol. The van der Waals surface area contributed by atoms with Gasteiger partial charge in [-0.1, -0.05) is 17.7 Å². The summed E-state index contributed by atoms with van der Waals surface area (Å²) in [5.41, 5.74) is 2.44. The van der Waals surface area contributed by atoms with Gasteiger partial charge in [0.2, 0.25) is 0 Å². The van der Waals surface area contributed by atoms with Gasteiger partial charge < -0.3 is 20.1 Å². The first-order chi connectivity index (χ1) is 12.6. The lowest BCUT2D eigenvalue weighted by molar-refractivity contribution is -0.124. The Morgan fingerprint density at radius 3 is 2.31 bits per heavy atom. The second-order valence-corrected chi connectivity index (χ2v) is 6.22. The fourth-order valence-corrected chi connectivity index (χ4v) is 2.62. The van der Waals surface area contributed by atoms with Crippen LogP contribution in [0.2, 0.25) is 0 Å². The minimum atomic E-state index is -0.367. The molecule has 0 aliphatic carbocycles. The quantitative estimate of drug-likeness (QED) is 0.836. The number of carbonyl (C=O) groups is 2. The Balaban J connectivity index is 1.46. The van der Waals surface area contributed by atoms with Gasteiger partial charge in [-0.05, 0) is 56.2 Å². The number of ether oxygens (including phenoxy) is 2. The van der Waals surface area contributed by atoms with Gasteiger partial charge in [0.15, 0.2) is 6.61 Å². The van der Waals surface area contributed by atoms with Crippen LogP contribution < -0.4 is 15.4 Å². The highest BCUT2D eigenvalue weighted by Gasteiger charge is 2.23. The number of nitrogens with one attached hydrogen (secondary N) is 2. The van der Waals surface area contributed by atoms with E-state index in [2.05, 4.69) is 10.6 Å². The fourth-order valence-electron chi connectivity index (χ4n) is 2.62. The van der Waals surface area contributed by atoms with Gasteiger partial charge in [-0.25, -0.2) is 0 Å². The van der Waals surface area contributed by atoms with Gasteiger partial charge >= 0.3 is 0 Å². The molecule has 0 aromatic heterocycles. The van der Waals surface area contributed by atoms with Crippen LogP contribution in [0, 0.1) is 6.92 Å². The number of benzene rings is 2. The van der Waals surface area contributed by atoms with Gasteiger partial charge in [0, 0.05) is 18.0 Å². The summed E-state index contributed by atoms with van der Waals surface area (Å²) in [7, 11) is 0.